The number of nitrogens with zero attached hydrogens (tertiary/aromatic N) is 3. The van der Waals surface area contributed by atoms with Crippen molar-refractivity contribution in [2.24, 2.45) is 7.05 Å². The Hall–Kier alpha value is -1.90. The van der Waals surface area contributed by atoms with Crippen molar-refractivity contribution >= 4 is 21.8 Å². The third kappa shape index (κ3) is 3.11. The number of hydrogen-bond acceptors (Lipinski definition) is 2. The van der Waals surface area contributed by atoms with Crippen LogP contribution in [0.5, 0.6) is 0 Å². The molecule has 0 aromatic carbocycles. The van der Waals surface area contributed by atoms with Gasteiger partial charge in [-0.25, -0.2) is 0 Å². The summed E-state index contributed by atoms with van der Waals surface area (Å²) in [7, 11) is 2.06. The first-order valence-corrected chi connectivity index (χ1v) is 6.91. The second-order valence-electron chi connectivity index (χ2n) is 4.05. The molecule has 3 nitrogen and oxygen atoms in total. The van der Waals surface area contributed by atoms with Crippen LogP contribution in [0.2, 0.25) is 0 Å². The Morgan fingerprint density at radius 1 is 0.895 bits per heavy atom. The van der Waals surface area contributed by atoms with E-state index in [2.05, 4.69) is 35.4 Å². The van der Waals surface area contributed by atoms with Gasteiger partial charge in [0.25, 0.3) is 0 Å². The van der Waals surface area contributed by atoms with Crippen molar-refractivity contribution in [3.8, 4) is 0 Å². The third-order valence-electron chi connectivity index (χ3n) is 2.61. The Kier molecular flexibility index (Phi) is 6.00. The lowest BCUT2D eigenvalue weighted by Crippen LogP contribution is -1.85. The van der Waals surface area contributed by atoms with Gasteiger partial charge >= 0.3 is 0 Å². The summed E-state index contributed by atoms with van der Waals surface area (Å²) in [6, 6.07) is 4.05. The second kappa shape index (κ2) is 7.52. The average molecular weight is 257 g/mol. The third-order valence-corrected chi connectivity index (χ3v) is 2.61. The average Bonchev–Trinajstić information content (AvgIpc) is 2.77. The quantitative estimate of drug-likeness (QED) is 0.591. The van der Waals surface area contributed by atoms with Crippen molar-refractivity contribution in [3.05, 3.63) is 36.9 Å². The van der Waals surface area contributed by atoms with Crippen LogP contribution in [-0.2, 0) is 7.05 Å². The van der Waals surface area contributed by atoms with Crippen molar-refractivity contribution in [1.82, 2.24) is 14.5 Å². The highest BCUT2D eigenvalue weighted by atomic mass is 14.9. The summed E-state index contributed by atoms with van der Waals surface area (Å²) in [5, 5.41) is 2.33. The van der Waals surface area contributed by atoms with Gasteiger partial charge in [-0.05, 0) is 12.1 Å². The van der Waals surface area contributed by atoms with Gasteiger partial charge in [0, 0.05) is 42.6 Å². The highest BCUT2D eigenvalue weighted by molar-refractivity contribution is 6.06. The molecule has 0 aliphatic heterocycles. The molecule has 0 spiro atoms. The zero-order valence-corrected chi connectivity index (χ0v) is 12.5. The minimum Gasteiger partial charge on any atom is -0.343 e. The molecule has 0 bridgehead atoms. The molecule has 19 heavy (non-hydrogen) atoms. The largest absolute Gasteiger partial charge is 0.343 e. The highest BCUT2D eigenvalue weighted by Crippen LogP contribution is 2.25. The van der Waals surface area contributed by atoms with Gasteiger partial charge in [-0.1, -0.05) is 34.1 Å². The molecule has 0 aliphatic rings. The number of fused-ring (bicyclic) bond motifs is 3. The van der Waals surface area contributed by atoms with Gasteiger partial charge in [0.15, 0.2) is 0 Å². The molecule has 102 valence electrons. The molecule has 3 aromatic heterocycles. The Morgan fingerprint density at radius 2 is 1.26 bits per heavy atom. The Labute approximate surface area is 115 Å². The number of hydrogen-bond donors (Lipinski definition) is 0. The first kappa shape index (κ1) is 15.2. The van der Waals surface area contributed by atoms with E-state index < -0.39 is 0 Å². The maximum Gasteiger partial charge on any atom is 0.0520 e. The van der Waals surface area contributed by atoms with E-state index in [-0.39, 0.29) is 0 Å². The fourth-order valence-electron chi connectivity index (χ4n) is 1.90. The smallest absolute Gasteiger partial charge is 0.0520 e. The SMILES string of the molecule is CC.CCC.Cn1c2ccncc2c2cnccc21. The van der Waals surface area contributed by atoms with Crippen LogP contribution in [0.1, 0.15) is 34.1 Å². The fourth-order valence-corrected chi connectivity index (χ4v) is 1.90. The predicted molar refractivity (Wildman–Crippen MR) is 83.3 cm³/mol. The Bertz CT molecular complexity index is 573. The minimum absolute atomic E-state index is 1.16. The lowest BCUT2D eigenvalue weighted by atomic mass is 10.2. The lowest BCUT2D eigenvalue weighted by molar-refractivity contribution is 1.01. The van der Waals surface area contributed by atoms with Gasteiger partial charge in [0.1, 0.15) is 0 Å². The van der Waals surface area contributed by atoms with Crippen LogP contribution in [-0.4, -0.2) is 14.5 Å². The lowest BCUT2D eigenvalue weighted by Gasteiger charge is -1.95. The van der Waals surface area contributed by atoms with Gasteiger partial charge < -0.3 is 4.57 Å². The van der Waals surface area contributed by atoms with E-state index in [1.54, 1.807) is 0 Å². The molecule has 3 aromatic rings. The van der Waals surface area contributed by atoms with E-state index in [4.69, 9.17) is 0 Å². The summed E-state index contributed by atoms with van der Waals surface area (Å²) in [5.74, 6) is 0. The molecular formula is C16H23N3. The Balaban J connectivity index is 0.000000321. The van der Waals surface area contributed by atoms with Crippen molar-refractivity contribution in [3.63, 3.8) is 0 Å². The molecule has 0 fully saturated rings. The van der Waals surface area contributed by atoms with E-state index in [9.17, 15) is 0 Å². The number of rotatable bonds is 0. The van der Waals surface area contributed by atoms with Crippen LogP contribution in [0, 0.1) is 0 Å². The van der Waals surface area contributed by atoms with Crippen molar-refractivity contribution in [1.29, 1.82) is 0 Å². The van der Waals surface area contributed by atoms with Crippen LogP contribution in [0.15, 0.2) is 36.9 Å². The van der Waals surface area contributed by atoms with Gasteiger partial charge in [-0.3, -0.25) is 9.97 Å². The zero-order valence-electron chi connectivity index (χ0n) is 12.5. The standard InChI is InChI=1S/C11H9N3.C3H8.C2H6/c1-14-10-2-4-12-6-8(10)9-7-13-5-3-11(9)14;1-3-2;1-2/h2-7H,1H3;3H2,1-2H3;1-2H3. The normalized spacial score (nSPS) is 9.53. The number of pyridine rings is 2. The summed E-state index contributed by atoms with van der Waals surface area (Å²) in [4.78, 5) is 8.27. The fraction of sp³-hybridized carbons (Fsp3) is 0.375. The monoisotopic (exact) mass is 257 g/mol. The number of aromatic nitrogens is 3. The molecule has 0 saturated heterocycles. The summed E-state index contributed by atoms with van der Waals surface area (Å²) in [6.45, 7) is 8.25. The van der Waals surface area contributed by atoms with Crippen molar-refractivity contribution < 1.29 is 0 Å². The molecule has 0 atom stereocenters. The van der Waals surface area contributed by atoms with E-state index in [1.165, 1.54) is 17.5 Å². The van der Waals surface area contributed by atoms with Crippen LogP contribution in [0.4, 0.5) is 0 Å². The molecule has 3 heteroatoms. The zero-order chi connectivity index (χ0) is 14.3. The van der Waals surface area contributed by atoms with E-state index >= 15 is 0 Å². The summed E-state index contributed by atoms with van der Waals surface area (Å²) in [5.41, 5.74) is 2.39. The minimum atomic E-state index is 1.16. The van der Waals surface area contributed by atoms with Crippen LogP contribution in [0.25, 0.3) is 21.8 Å². The topological polar surface area (TPSA) is 30.7 Å². The van der Waals surface area contributed by atoms with Crippen LogP contribution >= 0.6 is 0 Å². The first-order chi connectivity index (χ1) is 9.29. The van der Waals surface area contributed by atoms with Gasteiger partial charge in [-0.15, -0.1) is 0 Å². The van der Waals surface area contributed by atoms with Gasteiger partial charge in [0.2, 0.25) is 0 Å². The van der Waals surface area contributed by atoms with Gasteiger partial charge in [0.05, 0.1) is 11.0 Å². The maximum atomic E-state index is 4.14. The van der Waals surface area contributed by atoms with Crippen LogP contribution < -0.4 is 0 Å². The molecule has 3 rings (SSSR count). The molecule has 0 N–H and O–H groups in total. The van der Waals surface area contributed by atoms with E-state index in [1.807, 2.05) is 50.8 Å². The Morgan fingerprint density at radius 3 is 1.63 bits per heavy atom. The molecule has 0 amide bonds. The van der Waals surface area contributed by atoms with Crippen molar-refractivity contribution in [2.75, 3.05) is 0 Å². The predicted octanol–water partition coefficient (Wildman–Crippen LogP) is 4.56. The molecule has 0 radical (unpaired) electrons. The van der Waals surface area contributed by atoms with Crippen molar-refractivity contribution in [2.45, 2.75) is 34.1 Å². The molecule has 0 unspecified atom stereocenters. The summed E-state index contributed by atoms with van der Waals surface area (Å²) >= 11 is 0. The van der Waals surface area contributed by atoms with Gasteiger partial charge in [-0.2, -0.15) is 0 Å². The molecule has 0 aliphatic carbocycles. The number of aryl methyl sites for hydroxylation is 1. The second-order valence-corrected chi connectivity index (χ2v) is 4.05. The maximum absolute atomic E-state index is 4.14. The van der Waals surface area contributed by atoms with E-state index in [0.717, 1.165) is 10.8 Å². The van der Waals surface area contributed by atoms with E-state index in [0.29, 0.717) is 0 Å². The molecule has 0 saturated carbocycles. The first-order valence-electron chi connectivity index (χ1n) is 6.91. The molecule has 3 heterocycles. The summed E-state index contributed by atoms with van der Waals surface area (Å²) < 4.78 is 2.16. The van der Waals surface area contributed by atoms with Crippen LogP contribution in [0.3, 0.4) is 0 Å². The summed E-state index contributed by atoms with van der Waals surface area (Å²) in [6.07, 6.45) is 8.65. The highest BCUT2D eigenvalue weighted by Gasteiger charge is 2.06. The molecular weight excluding hydrogens is 234 g/mol.